The number of amides is 2. The summed E-state index contributed by atoms with van der Waals surface area (Å²) in [5.41, 5.74) is 2.66. The molecule has 36 heavy (non-hydrogen) atoms. The van der Waals surface area contributed by atoms with Crippen LogP contribution in [-0.4, -0.2) is 25.0 Å². The van der Waals surface area contributed by atoms with E-state index in [0.717, 1.165) is 5.56 Å². The van der Waals surface area contributed by atoms with Gasteiger partial charge in [0.1, 0.15) is 11.6 Å². The molecule has 0 bridgehead atoms. The van der Waals surface area contributed by atoms with E-state index < -0.39 is 5.91 Å². The minimum absolute atomic E-state index is 0.0978. The molecule has 0 aromatic heterocycles. The molecule has 9 heteroatoms. The van der Waals surface area contributed by atoms with E-state index in [2.05, 4.69) is 33.2 Å². The van der Waals surface area contributed by atoms with E-state index in [9.17, 15) is 14.9 Å². The van der Waals surface area contributed by atoms with Gasteiger partial charge in [-0.3, -0.25) is 9.59 Å². The van der Waals surface area contributed by atoms with Crippen LogP contribution in [0.5, 0.6) is 11.5 Å². The predicted octanol–water partition coefficient (Wildman–Crippen LogP) is 6.21. The predicted molar refractivity (Wildman–Crippen MR) is 149 cm³/mol. The molecule has 3 aromatic carbocycles. The van der Waals surface area contributed by atoms with Gasteiger partial charge in [-0.15, -0.1) is 0 Å². The molecule has 0 spiro atoms. The van der Waals surface area contributed by atoms with E-state index in [-0.39, 0.29) is 18.1 Å². The highest BCUT2D eigenvalue weighted by molar-refractivity contribution is 14.1. The Hall–Kier alpha value is -3.55. The normalized spacial score (nSPS) is 10.8. The summed E-state index contributed by atoms with van der Waals surface area (Å²) in [7, 11) is 0. The van der Waals surface area contributed by atoms with E-state index in [1.165, 1.54) is 6.08 Å². The molecule has 0 saturated heterocycles. The lowest BCUT2D eigenvalue weighted by molar-refractivity contribution is -0.118. The Morgan fingerprint density at radius 3 is 2.44 bits per heavy atom. The first-order valence-electron chi connectivity index (χ1n) is 10.9. The number of carbonyl (C=O) groups excluding carboxylic acids is 2. The molecule has 184 valence electrons. The molecular weight excluding hydrogens is 593 g/mol. The van der Waals surface area contributed by atoms with Gasteiger partial charge in [0, 0.05) is 16.4 Å². The number of halogens is 2. The van der Waals surface area contributed by atoms with Crippen LogP contribution in [0.2, 0.25) is 5.02 Å². The van der Waals surface area contributed by atoms with Crippen molar-refractivity contribution in [3.05, 3.63) is 86.0 Å². The fourth-order valence-corrected chi connectivity index (χ4v) is 4.18. The monoisotopic (exact) mass is 615 g/mol. The molecule has 3 rings (SSSR count). The van der Waals surface area contributed by atoms with Gasteiger partial charge in [-0.1, -0.05) is 29.8 Å². The maximum atomic E-state index is 12.6. The van der Waals surface area contributed by atoms with Gasteiger partial charge in [0.15, 0.2) is 18.1 Å². The van der Waals surface area contributed by atoms with Gasteiger partial charge in [0.2, 0.25) is 0 Å². The largest absolute Gasteiger partial charge is 0.490 e. The van der Waals surface area contributed by atoms with Crippen molar-refractivity contribution in [3.8, 4) is 17.6 Å². The summed E-state index contributed by atoms with van der Waals surface area (Å²) in [5, 5.41) is 15.5. The van der Waals surface area contributed by atoms with Crippen LogP contribution in [0, 0.1) is 21.8 Å². The summed E-state index contributed by atoms with van der Waals surface area (Å²) < 4.78 is 12.2. The quantitative estimate of drug-likeness (QED) is 0.169. The fraction of sp³-hybridized carbons (Fsp3) is 0.148. The van der Waals surface area contributed by atoms with Crippen LogP contribution < -0.4 is 20.1 Å². The number of nitrogens with zero attached hydrogens (tertiary/aromatic N) is 1. The van der Waals surface area contributed by atoms with E-state index in [1.54, 1.807) is 42.5 Å². The van der Waals surface area contributed by atoms with Crippen molar-refractivity contribution in [3.63, 3.8) is 0 Å². The molecule has 0 radical (unpaired) electrons. The van der Waals surface area contributed by atoms with Gasteiger partial charge in [-0.05, 0) is 96.1 Å². The summed E-state index contributed by atoms with van der Waals surface area (Å²) in [6.07, 6.45) is 1.46. The smallest absolute Gasteiger partial charge is 0.266 e. The first-order valence-corrected chi connectivity index (χ1v) is 12.4. The van der Waals surface area contributed by atoms with Crippen molar-refractivity contribution >= 4 is 63.5 Å². The molecule has 0 unspecified atom stereocenters. The molecular formula is C27H23ClIN3O4. The highest BCUT2D eigenvalue weighted by Gasteiger charge is 2.16. The van der Waals surface area contributed by atoms with Gasteiger partial charge in [0.25, 0.3) is 11.8 Å². The van der Waals surface area contributed by atoms with Gasteiger partial charge < -0.3 is 20.1 Å². The molecule has 7 nitrogen and oxygen atoms in total. The van der Waals surface area contributed by atoms with Crippen LogP contribution in [-0.2, 0) is 9.59 Å². The number of ether oxygens (including phenoxy) is 2. The molecule has 2 N–H and O–H groups in total. The number of carbonyl (C=O) groups is 2. The maximum absolute atomic E-state index is 12.6. The van der Waals surface area contributed by atoms with Crippen LogP contribution in [0.3, 0.4) is 0 Å². The van der Waals surface area contributed by atoms with Crippen LogP contribution in [0.4, 0.5) is 11.4 Å². The van der Waals surface area contributed by atoms with Crippen molar-refractivity contribution in [2.75, 3.05) is 23.8 Å². The zero-order chi connectivity index (χ0) is 26.1. The second kappa shape index (κ2) is 13.0. The third-order valence-corrected chi connectivity index (χ3v) is 5.78. The number of hydrogen-bond acceptors (Lipinski definition) is 5. The Balaban J connectivity index is 1.77. The van der Waals surface area contributed by atoms with Crippen LogP contribution >= 0.6 is 34.2 Å². The van der Waals surface area contributed by atoms with Crippen molar-refractivity contribution in [1.82, 2.24) is 0 Å². The molecule has 3 aromatic rings. The zero-order valence-electron chi connectivity index (χ0n) is 19.6. The number of anilines is 2. The lowest BCUT2D eigenvalue weighted by Crippen LogP contribution is -2.20. The standard InChI is InChI=1S/C27H23ClIN3O4/c1-3-35-24-13-18(11-19(15-30)27(34)32-22-9-5-7-20(28)14-22)12-23(29)26(24)36-16-25(33)31-21-8-4-6-17(2)10-21/h4-14H,3,16H2,1-2H3,(H,31,33)(H,32,34)/b19-11+. The molecule has 0 heterocycles. The molecule has 0 atom stereocenters. The van der Waals surface area contributed by atoms with Crippen LogP contribution in [0.15, 0.2) is 66.2 Å². The number of nitrogens with one attached hydrogen (secondary N) is 2. The van der Waals surface area contributed by atoms with E-state index >= 15 is 0 Å². The molecule has 0 aliphatic rings. The molecule has 2 amide bonds. The fourth-order valence-electron chi connectivity index (χ4n) is 3.21. The van der Waals surface area contributed by atoms with Gasteiger partial charge in [-0.2, -0.15) is 5.26 Å². The third-order valence-electron chi connectivity index (χ3n) is 4.74. The summed E-state index contributed by atoms with van der Waals surface area (Å²) >= 11 is 8.02. The zero-order valence-corrected chi connectivity index (χ0v) is 22.5. The summed E-state index contributed by atoms with van der Waals surface area (Å²) in [4.78, 5) is 25.0. The maximum Gasteiger partial charge on any atom is 0.266 e. The second-order valence-corrected chi connectivity index (χ2v) is 9.20. The SMILES string of the molecule is CCOc1cc(/C=C(\C#N)C(=O)Nc2cccc(Cl)c2)cc(I)c1OCC(=O)Nc1cccc(C)c1. The average molecular weight is 616 g/mol. The van der Waals surface area contributed by atoms with E-state index in [4.69, 9.17) is 21.1 Å². The first-order chi connectivity index (χ1) is 17.3. The molecule has 0 aliphatic carbocycles. The molecule has 0 saturated carbocycles. The summed E-state index contributed by atoms with van der Waals surface area (Å²) in [5.74, 6) is -0.0874. The Morgan fingerprint density at radius 1 is 1.06 bits per heavy atom. The van der Waals surface area contributed by atoms with Crippen molar-refractivity contribution in [1.29, 1.82) is 5.26 Å². The summed E-state index contributed by atoms with van der Waals surface area (Å²) in [6, 6.07) is 19.4. The van der Waals surface area contributed by atoms with Crippen molar-refractivity contribution in [2.45, 2.75) is 13.8 Å². The van der Waals surface area contributed by atoms with Crippen LogP contribution in [0.1, 0.15) is 18.1 Å². The van der Waals surface area contributed by atoms with Gasteiger partial charge in [-0.25, -0.2) is 0 Å². The second-order valence-electron chi connectivity index (χ2n) is 7.60. The lowest BCUT2D eigenvalue weighted by Gasteiger charge is -2.15. The van der Waals surface area contributed by atoms with Gasteiger partial charge in [0.05, 0.1) is 10.2 Å². The van der Waals surface area contributed by atoms with Crippen molar-refractivity contribution < 1.29 is 19.1 Å². The number of rotatable bonds is 9. The molecule has 0 fully saturated rings. The Morgan fingerprint density at radius 2 is 1.78 bits per heavy atom. The number of benzene rings is 3. The summed E-state index contributed by atoms with van der Waals surface area (Å²) in [6.45, 7) is 3.90. The Labute approximate surface area is 228 Å². The van der Waals surface area contributed by atoms with Crippen LogP contribution in [0.25, 0.3) is 6.08 Å². The highest BCUT2D eigenvalue weighted by Crippen LogP contribution is 2.35. The van der Waals surface area contributed by atoms with E-state index in [1.807, 2.05) is 38.1 Å². The minimum atomic E-state index is -0.569. The Bertz CT molecular complexity index is 1350. The Kier molecular flexibility index (Phi) is 9.73. The topological polar surface area (TPSA) is 100 Å². The lowest BCUT2D eigenvalue weighted by atomic mass is 10.1. The average Bonchev–Trinajstić information content (AvgIpc) is 2.82. The van der Waals surface area contributed by atoms with Crippen molar-refractivity contribution in [2.24, 2.45) is 0 Å². The molecule has 0 aliphatic heterocycles. The first kappa shape index (κ1) is 27.0. The third kappa shape index (κ3) is 7.73. The number of hydrogen-bond donors (Lipinski definition) is 2. The highest BCUT2D eigenvalue weighted by atomic mass is 127. The minimum Gasteiger partial charge on any atom is -0.490 e. The number of aryl methyl sites for hydroxylation is 1. The number of nitriles is 1. The van der Waals surface area contributed by atoms with E-state index in [0.29, 0.717) is 43.6 Å². The van der Waals surface area contributed by atoms with Gasteiger partial charge >= 0.3 is 0 Å².